The van der Waals surface area contributed by atoms with Crippen LogP contribution in [0.1, 0.15) is 58.7 Å². The zero-order valence-corrected chi connectivity index (χ0v) is 15.3. The van der Waals surface area contributed by atoms with E-state index in [0.717, 1.165) is 30.6 Å². The van der Waals surface area contributed by atoms with Crippen LogP contribution in [0.5, 0.6) is 0 Å². The van der Waals surface area contributed by atoms with Gasteiger partial charge < -0.3 is 15.4 Å². The van der Waals surface area contributed by atoms with Crippen molar-refractivity contribution < 1.29 is 9.53 Å². The Morgan fingerprint density at radius 1 is 1.22 bits per heavy atom. The molecule has 0 fully saturated rings. The number of nitrogens with one attached hydrogen (secondary N) is 2. The number of carbonyl (C=O) groups excluding carboxylic acids is 1. The number of pyridine rings is 1. The lowest BCUT2D eigenvalue weighted by molar-refractivity contribution is 0.0446. The molecule has 1 rings (SSSR count). The summed E-state index contributed by atoms with van der Waals surface area (Å²) in [5.74, 6) is 0. The van der Waals surface area contributed by atoms with Gasteiger partial charge in [0.2, 0.25) is 0 Å². The third kappa shape index (κ3) is 6.99. The second-order valence-corrected chi connectivity index (χ2v) is 7.03. The first-order valence-electron chi connectivity index (χ1n) is 8.33. The largest absolute Gasteiger partial charge is 0.444 e. The molecule has 23 heavy (non-hydrogen) atoms. The number of nitrogens with zero attached hydrogens (tertiary/aromatic N) is 1. The van der Waals surface area contributed by atoms with E-state index in [-0.39, 0.29) is 11.6 Å². The number of aromatic nitrogens is 1. The van der Waals surface area contributed by atoms with Crippen molar-refractivity contribution >= 4 is 6.09 Å². The SMILES string of the molecule is CCC(CC)(CNCc1ccc(C)nc1)NC(=O)OC(C)(C)C. The highest BCUT2D eigenvalue weighted by Crippen LogP contribution is 2.16. The number of ether oxygens (including phenoxy) is 1. The predicted molar refractivity (Wildman–Crippen MR) is 93.4 cm³/mol. The minimum atomic E-state index is -0.488. The number of aryl methyl sites for hydroxylation is 1. The van der Waals surface area contributed by atoms with Gasteiger partial charge in [0.15, 0.2) is 0 Å². The van der Waals surface area contributed by atoms with E-state index < -0.39 is 5.60 Å². The summed E-state index contributed by atoms with van der Waals surface area (Å²) >= 11 is 0. The van der Waals surface area contributed by atoms with E-state index in [2.05, 4.69) is 35.5 Å². The molecule has 0 unspecified atom stereocenters. The van der Waals surface area contributed by atoms with Gasteiger partial charge >= 0.3 is 6.09 Å². The first kappa shape index (κ1) is 19.4. The minimum absolute atomic E-state index is 0.305. The number of rotatable bonds is 7. The lowest BCUT2D eigenvalue weighted by Crippen LogP contribution is -2.55. The second-order valence-electron chi connectivity index (χ2n) is 7.03. The Hall–Kier alpha value is -1.62. The number of alkyl carbamates (subject to hydrolysis) is 1. The van der Waals surface area contributed by atoms with Gasteiger partial charge in [-0.25, -0.2) is 4.79 Å². The van der Waals surface area contributed by atoms with Gasteiger partial charge in [0.25, 0.3) is 0 Å². The number of amides is 1. The Morgan fingerprint density at radius 2 is 1.87 bits per heavy atom. The number of hydrogen-bond donors (Lipinski definition) is 2. The fraction of sp³-hybridized carbons (Fsp3) is 0.667. The quantitative estimate of drug-likeness (QED) is 0.806. The summed E-state index contributed by atoms with van der Waals surface area (Å²) < 4.78 is 5.39. The van der Waals surface area contributed by atoms with Crippen molar-refractivity contribution in [1.82, 2.24) is 15.6 Å². The van der Waals surface area contributed by atoms with Crippen molar-refractivity contribution in [2.45, 2.75) is 72.1 Å². The standard InChI is InChI=1S/C18H31N3O2/c1-7-18(8-2,21-16(22)23-17(4,5)6)13-19-11-15-10-9-14(3)20-12-15/h9-10,12,19H,7-8,11,13H2,1-6H3,(H,21,22). The van der Waals surface area contributed by atoms with Crippen LogP contribution in [0.2, 0.25) is 0 Å². The molecule has 1 heterocycles. The molecule has 0 atom stereocenters. The molecule has 130 valence electrons. The van der Waals surface area contributed by atoms with E-state index in [1.807, 2.05) is 40.0 Å². The molecule has 5 nitrogen and oxygen atoms in total. The molecule has 0 radical (unpaired) electrons. The fourth-order valence-corrected chi connectivity index (χ4v) is 2.29. The highest BCUT2D eigenvalue weighted by molar-refractivity contribution is 5.68. The van der Waals surface area contributed by atoms with Crippen molar-refractivity contribution in [2.75, 3.05) is 6.54 Å². The highest BCUT2D eigenvalue weighted by atomic mass is 16.6. The molecule has 1 aromatic heterocycles. The monoisotopic (exact) mass is 321 g/mol. The summed E-state index contributed by atoms with van der Waals surface area (Å²) in [6.07, 6.45) is 3.19. The Bertz CT molecular complexity index is 488. The second kappa shape index (κ2) is 8.29. The predicted octanol–water partition coefficient (Wildman–Crippen LogP) is 3.56. The molecule has 0 saturated carbocycles. The Balaban J connectivity index is 2.58. The van der Waals surface area contributed by atoms with Gasteiger partial charge in [0.05, 0.1) is 5.54 Å². The van der Waals surface area contributed by atoms with E-state index in [0.29, 0.717) is 6.54 Å². The molecule has 1 aromatic rings. The summed E-state index contributed by atoms with van der Waals surface area (Å²) in [7, 11) is 0. The van der Waals surface area contributed by atoms with Gasteiger partial charge in [0, 0.05) is 25.0 Å². The van der Waals surface area contributed by atoms with Crippen molar-refractivity contribution in [3.05, 3.63) is 29.6 Å². The van der Waals surface area contributed by atoms with Crippen LogP contribution in [0.15, 0.2) is 18.3 Å². The summed E-state index contributed by atoms with van der Waals surface area (Å²) in [6, 6.07) is 4.07. The molecule has 2 N–H and O–H groups in total. The number of hydrogen-bond acceptors (Lipinski definition) is 4. The molecule has 1 amide bonds. The van der Waals surface area contributed by atoms with Crippen molar-refractivity contribution in [1.29, 1.82) is 0 Å². The van der Waals surface area contributed by atoms with Crippen LogP contribution in [0.3, 0.4) is 0 Å². The molecule has 0 aromatic carbocycles. The Morgan fingerprint density at radius 3 is 2.35 bits per heavy atom. The lowest BCUT2D eigenvalue weighted by atomic mass is 9.93. The molecule has 0 aliphatic heterocycles. The summed E-state index contributed by atoms with van der Waals surface area (Å²) in [4.78, 5) is 16.4. The van der Waals surface area contributed by atoms with Gasteiger partial charge in [-0.2, -0.15) is 0 Å². The third-order valence-corrected chi connectivity index (χ3v) is 3.88. The maximum absolute atomic E-state index is 12.1. The van der Waals surface area contributed by atoms with Crippen LogP contribution < -0.4 is 10.6 Å². The number of carbonyl (C=O) groups is 1. The first-order chi connectivity index (χ1) is 10.7. The van der Waals surface area contributed by atoms with Gasteiger partial charge in [-0.15, -0.1) is 0 Å². The molecule has 0 aliphatic carbocycles. The van der Waals surface area contributed by atoms with Gasteiger partial charge in [-0.1, -0.05) is 19.9 Å². The molecule has 0 aliphatic rings. The Kier molecular flexibility index (Phi) is 7.01. The zero-order valence-electron chi connectivity index (χ0n) is 15.3. The van der Waals surface area contributed by atoms with Crippen molar-refractivity contribution in [3.63, 3.8) is 0 Å². The average molecular weight is 321 g/mol. The summed E-state index contributed by atoms with van der Waals surface area (Å²) in [5.41, 5.74) is 1.35. The minimum Gasteiger partial charge on any atom is -0.444 e. The van der Waals surface area contributed by atoms with Gasteiger partial charge in [0.1, 0.15) is 5.60 Å². The van der Waals surface area contributed by atoms with E-state index in [1.54, 1.807) is 0 Å². The normalized spacial score (nSPS) is 12.1. The third-order valence-electron chi connectivity index (χ3n) is 3.88. The van der Waals surface area contributed by atoms with Gasteiger partial charge in [-0.3, -0.25) is 4.98 Å². The molecule has 5 heteroatoms. The fourth-order valence-electron chi connectivity index (χ4n) is 2.29. The molecule has 0 spiro atoms. The van der Waals surface area contributed by atoms with E-state index in [1.165, 1.54) is 0 Å². The average Bonchev–Trinajstić information content (AvgIpc) is 2.46. The van der Waals surface area contributed by atoms with Crippen molar-refractivity contribution in [2.24, 2.45) is 0 Å². The van der Waals surface area contributed by atoms with Crippen LogP contribution in [-0.4, -0.2) is 28.8 Å². The van der Waals surface area contributed by atoms with Gasteiger partial charge in [-0.05, 0) is 52.2 Å². The van der Waals surface area contributed by atoms with Crippen LogP contribution in [0.4, 0.5) is 4.79 Å². The van der Waals surface area contributed by atoms with Crippen molar-refractivity contribution in [3.8, 4) is 0 Å². The van der Waals surface area contributed by atoms with Crippen LogP contribution in [0, 0.1) is 6.92 Å². The summed E-state index contributed by atoms with van der Waals surface area (Å²) in [5, 5.41) is 6.46. The van der Waals surface area contributed by atoms with Crippen LogP contribution in [0.25, 0.3) is 0 Å². The van der Waals surface area contributed by atoms with E-state index >= 15 is 0 Å². The maximum atomic E-state index is 12.1. The summed E-state index contributed by atoms with van der Waals surface area (Å²) in [6.45, 7) is 13.2. The molecular formula is C18H31N3O2. The smallest absolute Gasteiger partial charge is 0.408 e. The van der Waals surface area contributed by atoms with E-state index in [9.17, 15) is 4.79 Å². The molecule has 0 bridgehead atoms. The van der Waals surface area contributed by atoms with E-state index in [4.69, 9.17) is 4.74 Å². The zero-order chi connectivity index (χ0) is 17.5. The van der Waals surface area contributed by atoms with Crippen LogP contribution in [-0.2, 0) is 11.3 Å². The molecule has 0 saturated heterocycles. The highest BCUT2D eigenvalue weighted by Gasteiger charge is 2.30. The maximum Gasteiger partial charge on any atom is 0.408 e. The first-order valence-corrected chi connectivity index (χ1v) is 8.33. The molecular weight excluding hydrogens is 290 g/mol. The van der Waals surface area contributed by atoms with Crippen LogP contribution >= 0.6 is 0 Å². The topological polar surface area (TPSA) is 63.2 Å². The lowest BCUT2D eigenvalue weighted by Gasteiger charge is -2.34. The Labute approximate surface area is 140 Å².